The minimum absolute atomic E-state index is 0.000880. The minimum Gasteiger partial charge on any atom is -0.392 e. The van der Waals surface area contributed by atoms with Crippen LogP contribution in [0.3, 0.4) is 0 Å². The number of aliphatic hydroxyl groups excluding tert-OH is 1. The fourth-order valence-corrected chi connectivity index (χ4v) is 1.27. The van der Waals surface area contributed by atoms with Crippen molar-refractivity contribution >= 4 is 0 Å². The van der Waals surface area contributed by atoms with E-state index in [0.29, 0.717) is 0 Å². The number of nitrogens with zero attached hydrogens (tertiary/aromatic N) is 2. The molecule has 0 saturated carbocycles. The van der Waals surface area contributed by atoms with E-state index in [4.69, 9.17) is 16.1 Å². The Labute approximate surface area is 85.0 Å². The Morgan fingerprint density at radius 1 is 1.60 bits per heavy atom. The number of nitrogens with two attached hydrogens (primary N) is 1. The number of rotatable bonds is 3. The Kier molecular flexibility index (Phi) is 3.66. The molecule has 0 saturated heterocycles. The number of aromatic nitrogens is 1. The largest absolute Gasteiger partial charge is 0.392 e. The first-order valence-electron chi connectivity index (χ1n) is 4.15. The molecule has 0 radical (unpaired) electrons. The predicted octanol–water partition coefficient (Wildman–Crippen LogP) is 0.842. The molecular weight excluding hydrogens is 204 g/mol. The average Bonchev–Trinajstić information content (AvgIpc) is 2.26. The number of pyridine rings is 1. The Balaban J connectivity index is 3.43. The molecule has 80 valence electrons. The summed E-state index contributed by atoms with van der Waals surface area (Å²) in [5.41, 5.74) is 4.99. The number of halogens is 2. The van der Waals surface area contributed by atoms with Crippen molar-refractivity contribution in [3.63, 3.8) is 0 Å². The van der Waals surface area contributed by atoms with Crippen molar-refractivity contribution in [3.05, 3.63) is 28.6 Å². The van der Waals surface area contributed by atoms with Crippen LogP contribution >= 0.6 is 0 Å². The van der Waals surface area contributed by atoms with E-state index in [1.807, 2.05) is 0 Å². The van der Waals surface area contributed by atoms with E-state index >= 15 is 0 Å². The topological polar surface area (TPSA) is 82.9 Å². The van der Waals surface area contributed by atoms with Crippen LogP contribution in [-0.2, 0) is 13.2 Å². The van der Waals surface area contributed by atoms with Gasteiger partial charge >= 0.3 is 0 Å². The Morgan fingerprint density at radius 2 is 2.27 bits per heavy atom. The van der Waals surface area contributed by atoms with Gasteiger partial charge in [-0.3, -0.25) is 4.98 Å². The number of alkyl halides is 2. The highest BCUT2D eigenvalue weighted by atomic mass is 19.3. The summed E-state index contributed by atoms with van der Waals surface area (Å²) in [7, 11) is 0. The maximum atomic E-state index is 12.5. The molecule has 1 aromatic rings. The quantitative estimate of drug-likeness (QED) is 0.779. The van der Waals surface area contributed by atoms with Crippen LogP contribution in [0.5, 0.6) is 0 Å². The highest BCUT2D eigenvalue weighted by Gasteiger charge is 2.19. The van der Waals surface area contributed by atoms with Crippen molar-refractivity contribution in [2.45, 2.75) is 19.6 Å². The lowest BCUT2D eigenvalue weighted by Crippen LogP contribution is -2.10. The lowest BCUT2D eigenvalue weighted by molar-refractivity contribution is 0.144. The summed E-state index contributed by atoms with van der Waals surface area (Å²) in [5, 5.41) is 17.7. The van der Waals surface area contributed by atoms with Crippen LogP contribution < -0.4 is 5.73 Å². The zero-order valence-electron chi connectivity index (χ0n) is 7.74. The second-order valence-corrected chi connectivity index (χ2v) is 2.80. The van der Waals surface area contributed by atoms with Crippen LogP contribution in [-0.4, -0.2) is 10.1 Å². The van der Waals surface area contributed by atoms with Gasteiger partial charge in [0.1, 0.15) is 5.69 Å². The van der Waals surface area contributed by atoms with Gasteiger partial charge in [-0.2, -0.15) is 5.26 Å². The molecule has 0 atom stereocenters. The molecule has 4 nitrogen and oxygen atoms in total. The van der Waals surface area contributed by atoms with E-state index in [1.54, 1.807) is 6.07 Å². The lowest BCUT2D eigenvalue weighted by Gasteiger charge is -2.10. The summed E-state index contributed by atoms with van der Waals surface area (Å²) in [6, 6.07) is 1.75. The highest BCUT2D eigenvalue weighted by Crippen LogP contribution is 2.24. The van der Waals surface area contributed by atoms with Gasteiger partial charge in [-0.15, -0.1) is 0 Å². The smallest absolute Gasteiger partial charge is 0.280 e. The Bertz CT molecular complexity index is 401. The van der Waals surface area contributed by atoms with Crippen LogP contribution in [0.4, 0.5) is 8.78 Å². The Morgan fingerprint density at radius 3 is 2.67 bits per heavy atom. The minimum atomic E-state index is -2.77. The van der Waals surface area contributed by atoms with E-state index in [9.17, 15) is 8.78 Å². The van der Waals surface area contributed by atoms with Crippen LogP contribution in [0.1, 0.15) is 28.8 Å². The molecule has 0 aliphatic heterocycles. The molecule has 0 aliphatic carbocycles. The molecule has 0 fully saturated rings. The van der Waals surface area contributed by atoms with Crippen LogP contribution in [0.15, 0.2) is 6.20 Å². The van der Waals surface area contributed by atoms with Crippen LogP contribution in [0.25, 0.3) is 0 Å². The third kappa shape index (κ3) is 2.09. The van der Waals surface area contributed by atoms with E-state index in [0.717, 1.165) is 6.20 Å². The SMILES string of the molecule is N#Cc1c(CO)cnc(C(F)F)c1CN. The van der Waals surface area contributed by atoms with E-state index < -0.39 is 18.7 Å². The highest BCUT2D eigenvalue weighted by molar-refractivity contribution is 5.45. The second-order valence-electron chi connectivity index (χ2n) is 2.80. The normalized spacial score (nSPS) is 10.4. The van der Waals surface area contributed by atoms with E-state index in [-0.39, 0.29) is 23.2 Å². The first-order valence-corrected chi connectivity index (χ1v) is 4.15. The van der Waals surface area contributed by atoms with Crippen molar-refractivity contribution in [1.29, 1.82) is 5.26 Å². The van der Waals surface area contributed by atoms with Crippen molar-refractivity contribution in [2.24, 2.45) is 5.73 Å². The van der Waals surface area contributed by atoms with Gasteiger partial charge in [-0.05, 0) is 0 Å². The number of nitriles is 1. The fraction of sp³-hybridized carbons (Fsp3) is 0.333. The van der Waals surface area contributed by atoms with Gasteiger partial charge in [0.2, 0.25) is 0 Å². The lowest BCUT2D eigenvalue weighted by atomic mass is 10.0. The first kappa shape index (κ1) is 11.5. The molecule has 0 aliphatic rings. The van der Waals surface area contributed by atoms with Crippen LogP contribution in [0, 0.1) is 11.3 Å². The summed E-state index contributed by atoms with van der Waals surface area (Å²) < 4.78 is 25.0. The van der Waals surface area contributed by atoms with Crippen molar-refractivity contribution in [3.8, 4) is 6.07 Å². The summed E-state index contributed by atoms with van der Waals surface area (Å²) in [6.07, 6.45) is -1.71. The molecule has 0 unspecified atom stereocenters. The number of aliphatic hydroxyl groups is 1. The summed E-state index contributed by atoms with van der Waals surface area (Å²) in [4.78, 5) is 3.49. The predicted molar refractivity (Wildman–Crippen MR) is 47.7 cm³/mol. The van der Waals surface area contributed by atoms with Crippen LogP contribution in [0.2, 0.25) is 0 Å². The van der Waals surface area contributed by atoms with Gasteiger partial charge in [-0.1, -0.05) is 0 Å². The van der Waals surface area contributed by atoms with Gasteiger partial charge < -0.3 is 10.8 Å². The van der Waals surface area contributed by atoms with Gasteiger partial charge in [0, 0.05) is 23.9 Å². The van der Waals surface area contributed by atoms with Gasteiger partial charge in [0.25, 0.3) is 6.43 Å². The summed E-state index contributed by atoms with van der Waals surface area (Å²) in [5.74, 6) is 0. The Hall–Kier alpha value is -1.58. The van der Waals surface area contributed by atoms with Crippen molar-refractivity contribution in [2.75, 3.05) is 0 Å². The zero-order valence-corrected chi connectivity index (χ0v) is 7.74. The number of hydrogen-bond acceptors (Lipinski definition) is 4. The van der Waals surface area contributed by atoms with Gasteiger partial charge in [0.15, 0.2) is 0 Å². The van der Waals surface area contributed by atoms with Crippen molar-refractivity contribution in [1.82, 2.24) is 4.98 Å². The summed E-state index contributed by atoms with van der Waals surface area (Å²) in [6.45, 7) is -0.629. The first-order chi connectivity index (χ1) is 7.15. The van der Waals surface area contributed by atoms with E-state index in [1.165, 1.54) is 0 Å². The molecule has 1 heterocycles. The fourth-order valence-electron chi connectivity index (χ4n) is 1.27. The molecular formula is C9H9F2N3O. The van der Waals surface area contributed by atoms with Gasteiger partial charge in [0.05, 0.1) is 18.2 Å². The number of hydrogen-bond donors (Lipinski definition) is 2. The standard InChI is InChI=1S/C9H9F2N3O/c10-9(11)8-7(2-13)6(1-12)5(4-15)3-14-8/h3,9,15H,2,4,13H2. The monoisotopic (exact) mass is 213 g/mol. The molecule has 6 heteroatoms. The maximum Gasteiger partial charge on any atom is 0.280 e. The molecule has 1 rings (SSSR count). The molecule has 0 spiro atoms. The summed E-state index contributed by atoms with van der Waals surface area (Å²) >= 11 is 0. The molecule has 3 N–H and O–H groups in total. The molecule has 0 amide bonds. The second kappa shape index (κ2) is 4.77. The third-order valence-corrected chi connectivity index (χ3v) is 1.98. The molecule has 0 aromatic carbocycles. The van der Waals surface area contributed by atoms with E-state index in [2.05, 4.69) is 4.98 Å². The van der Waals surface area contributed by atoms with Gasteiger partial charge in [-0.25, -0.2) is 8.78 Å². The third-order valence-electron chi connectivity index (χ3n) is 1.98. The average molecular weight is 213 g/mol. The molecule has 1 aromatic heterocycles. The molecule has 0 bridgehead atoms. The maximum absolute atomic E-state index is 12.5. The molecule has 15 heavy (non-hydrogen) atoms. The zero-order chi connectivity index (χ0) is 11.4. The van der Waals surface area contributed by atoms with Crippen molar-refractivity contribution < 1.29 is 13.9 Å².